The normalized spacial score (nSPS) is 17.2. The molecule has 0 saturated heterocycles. The molecule has 0 aromatic rings. The number of rotatable bonds is 11. The lowest BCUT2D eigenvalue weighted by molar-refractivity contribution is 0.0177. The number of nitrogens with one attached hydrogen (secondary N) is 3. The van der Waals surface area contributed by atoms with Crippen molar-refractivity contribution in [2.45, 2.75) is 52.1 Å². The lowest BCUT2D eigenvalue weighted by atomic mass is 9.98. The van der Waals surface area contributed by atoms with Crippen LogP contribution < -0.4 is 15.4 Å². The molecule has 9 heteroatoms. The Balaban J connectivity index is 0.00000576. The second kappa shape index (κ2) is 14.0. The minimum Gasteiger partial charge on any atom is -0.378 e. The molecule has 1 aliphatic rings. The molecule has 1 fully saturated rings. The van der Waals surface area contributed by atoms with E-state index in [1.165, 1.54) is 25.7 Å². The maximum atomic E-state index is 11.0. The summed E-state index contributed by atoms with van der Waals surface area (Å²) in [4.78, 5) is 4.58. The minimum absolute atomic E-state index is 0. The summed E-state index contributed by atoms with van der Waals surface area (Å²) in [5.41, 5.74) is 0. The average molecular weight is 490 g/mol. The van der Waals surface area contributed by atoms with Gasteiger partial charge in [-0.25, -0.2) is 13.1 Å². The molecule has 1 rings (SSSR count). The third-order valence-electron chi connectivity index (χ3n) is 4.12. The van der Waals surface area contributed by atoms with Crippen molar-refractivity contribution in [2.24, 2.45) is 10.9 Å². The highest BCUT2D eigenvalue weighted by Gasteiger charge is 2.24. The molecule has 150 valence electrons. The molecular weight excluding hydrogens is 455 g/mol. The molecule has 1 saturated carbocycles. The number of halogens is 1. The molecule has 1 atom stereocenters. The molecule has 0 aliphatic heterocycles. The number of hydrogen-bond acceptors (Lipinski definition) is 4. The highest BCUT2D eigenvalue weighted by molar-refractivity contribution is 14.0. The van der Waals surface area contributed by atoms with Gasteiger partial charge in [0.15, 0.2) is 5.96 Å². The maximum absolute atomic E-state index is 11.0. The number of ether oxygens (including phenoxy) is 1. The van der Waals surface area contributed by atoms with Gasteiger partial charge in [0, 0.05) is 32.8 Å². The van der Waals surface area contributed by atoms with E-state index in [0.29, 0.717) is 31.7 Å². The van der Waals surface area contributed by atoms with Gasteiger partial charge in [0.2, 0.25) is 10.0 Å². The van der Waals surface area contributed by atoms with Gasteiger partial charge in [-0.1, -0.05) is 12.8 Å². The van der Waals surface area contributed by atoms with Gasteiger partial charge in [0.05, 0.1) is 12.4 Å². The predicted octanol–water partition coefficient (Wildman–Crippen LogP) is 1.69. The van der Waals surface area contributed by atoms with Gasteiger partial charge in [0.1, 0.15) is 0 Å². The first-order chi connectivity index (χ1) is 11.5. The zero-order valence-electron chi connectivity index (χ0n) is 15.7. The number of sulfonamides is 1. The van der Waals surface area contributed by atoms with Crippen LogP contribution in [0.5, 0.6) is 0 Å². The first-order valence-electron chi connectivity index (χ1n) is 9.04. The molecule has 0 spiro atoms. The number of aliphatic imine (C=N–C) groups is 1. The second-order valence-electron chi connectivity index (χ2n) is 6.18. The first-order valence-corrected chi connectivity index (χ1v) is 10.9. The Hall–Kier alpha value is -0.130. The molecule has 0 heterocycles. The molecule has 3 N–H and O–H groups in total. The third-order valence-corrected chi connectivity index (χ3v) is 4.84. The summed E-state index contributed by atoms with van der Waals surface area (Å²) >= 11 is 0. The summed E-state index contributed by atoms with van der Waals surface area (Å²) in [6.07, 6.45) is 7.55. The van der Waals surface area contributed by atoms with Crippen LogP contribution in [0.25, 0.3) is 0 Å². The van der Waals surface area contributed by atoms with Crippen LogP contribution in [-0.2, 0) is 14.8 Å². The fraction of sp³-hybridized carbons (Fsp3) is 0.938. The predicted molar refractivity (Wildman–Crippen MR) is 114 cm³/mol. The molecule has 1 unspecified atom stereocenters. The van der Waals surface area contributed by atoms with Crippen molar-refractivity contribution in [2.75, 3.05) is 39.0 Å². The summed E-state index contributed by atoms with van der Waals surface area (Å²) < 4.78 is 30.4. The lowest BCUT2D eigenvalue weighted by Crippen LogP contribution is -2.41. The lowest BCUT2D eigenvalue weighted by Gasteiger charge is -2.22. The SMILES string of the molecule is CCNC(=NCCC(OCC)C1CCCC1)NCCNS(C)(=O)=O.I. The highest BCUT2D eigenvalue weighted by Crippen LogP contribution is 2.30. The number of nitrogens with zero attached hydrogens (tertiary/aromatic N) is 1. The Morgan fingerprint density at radius 1 is 1.20 bits per heavy atom. The van der Waals surface area contributed by atoms with Crippen molar-refractivity contribution in [3.63, 3.8) is 0 Å². The Morgan fingerprint density at radius 3 is 2.44 bits per heavy atom. The molecule has 0 aromatic carbocycles. The van der Waals surface area contributed by atoms with Gasteiger partial charge >= 0.3 is 0 Å². The van der Waals surface area contributed by atoms with Crippen LogP contribution in [0.3, 0.4) is 0 Å². The van der Waals surface area contributed by atoms with Crippen molar-refractivity contribution in [3.05, 3.63) is 0 Å². The van der Waals surface area contributed by atoms with Crippen LogP contribution in [0, 0.1) is 5.92 Å². The van der Waals surface area contributed by atoms with E-state index in [9.17, 15) is 8.42 Å². The molecular formula is C16H35IN4O3S. The first kappa shape index (κ1) is 24.9. The van der Waals surface area contributed by atoms with Crippen LogP contribution in [0.4, 0.5) is 0 Å². The number of hydrogen-bond donors (Lipinski definition) is 3. The fourth-order valence-electron chi connectivity index (χ4n) is 3.06. The summed E-state index contributed by atoms with van der Waals surface area (Å²) in [6.45, 7) is 7.11. The smallest absolute Gasteiger partial charge is 0.208 e. The third kappa shape index (κ3) is 12.0. The Morgan fingerprint density at radius 2 is 1.88 bits per heavy atom. The molecule has 0 bridgehead atoms. The Labute approximate surface area is 170 Å². The minimum atomic E-state index is -3.15. The summed E-state index contributed by atoms with van der Waals surface area (Å²) in [6, 6.07) is 0. The fourth-order valence-corrected chi connectivity index (χ4v) is 3.53. The van der Waals surface area contributed by atoms with Crippen LogP contribution >= 0.6 is 24.0 Å². The summed E-state index contributed by atoms with van der Waals surface area (Å²) in [5.74, 6) is 1.39. The zero-order valence-corrected chi connectivity index (χ0v) is 18.9. The Kier molecular flexibility index (Phi) is 13.9. The average Bonchev–Trinajstić information content (AvgIpc) is 3.04. The van der Waals surface area contributed by atoms with Gasteiger partial charge in [0.25, 0.3) is 0 Å². The van der Waals surface area contributed by atoms with Crippen LogP contribution in [-0.4, -0.2) is 59.5 Å². The van der Waals surface area contributed by atoms with E-state index >= 15 is 0 Å². The van der Waals surface area contributed by atoms with Crippen molar-refractivity contribution < 1.29 is 13.2 Å². The monoisotopic (exact) mass is 490 g/mol. The van der Waals surface area contributed by atoms with E-state index in [0.717, 1.165) is 31.8 Å². The maximum Gasteiger partial charge on any atom is 0.208 e. The molecule has 0 amide bonds. The van der Waals surface area contributed by atoms with Gasteiger partial charge in [-0.3, -0.25) is 4.99 Å². The molecule has 25 heavy (non-hydrogen) atoms. The van der Waals surface area contributed by atoms with Crippen LogP contribution in [0.15, 0.2) is 4.99 Å². The molecule has 0 radical (unpaired) electrons. The topological polar surface area (TPSA) is 91.8 Å². The van der Waals surface area contributed by atoms with Crippen molar-refractivity contribution in [1.82, 2.24) is 15.4 Å². The van der Waals surface area contributed by atoms with E-state index < -0.39 is 10.0 Å². The zero-order chi connectivity index (χ0) is 17.8. The van der Waals surface area contributed by atoms with E-state index in [2.05, 4.69) is 20.3 Å². The van der Waals surface area contributed by atoms with Gasteiger partial charge in [-0.2, -0.15) is 0 Å². The standard InChI is InChI=1S/C16H34N4O3S.HI/c1-4-17-16(19-12-13-20-24(3,21)22)18-11-10-15(23-5-2)14-8-6-7-9-14;/h14-15,20H,4-13H2,1-3H3,(H2,17,18,19);1H. The molecule has 7 nitrogen and oxygen atoms in total. The van der Waals surface area contributed by atoms with E-state index in [4.69, 9.17) is 4.74 Å². The second-order valence-corrected chi connectivity index (χ2v) is 8.01. The molecule has 0 aromatic heterocycles. The van der Waals surface area contributed by atoms with Crippen LogP contribution in [0.2, 0.25) is 0 Å². The Bertz CT molecular complexity index is 468. The van der Waals surface area contributed by atoms with E-state index in [-0.39, 0.29) is 24.0 Å². The van der Waals surface area contributed by atoms with Crippen LogP contribution in [0.1, 0.15) is 46.0 Å². The summed E-state index contributed by atoms with van der Waals surface area (Å²) in [7, 11) is -3.15. The van der Waals surface area contributed by atoms with Gasteiger partial charge in [-0.05, 0) is 39.0 Å². The van der Waals surface area contributed by atoms with Gasteiger partial charge in [-0.15, -0.1) is 24.0 Å². The molecule has 1 aliphatic carbocycles. The quantitative estimate of drug-likeness (QED) is 0.178. The highest BCUT2D eigenvalue weighted by atomic mass is 127. The largest absolute Gasteiger partial charge is 0.378 e. The summed E-state index contributed by atoms with van der Waals surface area (Å²) in [5, 5.41) is 6.32. The van der Waals surface area contributed by atoms with E-state index in [1.54, 1.807) is 0 Å². The van der Waals surface area contributed by atoms with E-state index in [1.807, 2.05) is 13.8 Å². The van der Waals surface area contributed by atoms with Crippen molar-refractivity contribution in [3.8, 4) is 0 Å². The van der Waals surface area contributed by atoms with Crippen molar-refractivity contribution >= 4 is 40.0 Å². The van der Waals surface area contributed by atoms with Crippen molar-refractivity contribution in [1.29, 1.82) is 0 Å². The van der Waals surface area contributed by atoms with Gasteiger partial charge < -0.3 is 15.4 Å². The number of guanidine groups is 1.